The van der Waals surface area contributed by atoms with Gasteiger partial charge in [-0.2, -0.15) is 13.2 Å². The standard InChI is InChI=1S/C24H25F3N5OS/c25-24(26,27)20-5-6-28-23(30-20)29-17-11-16(12-19(13-17)31-7-9-33-10-8-31)22-21(15-1-2-15)32(14-34-22)18-3-4-18/h5-6,11-15,18H,1-4,7-10H2,(H,28,29,30). The molecule has 0 atom stereocenters. The molecular formula is C24H25F3N5OS. The van der Waals surface area contributed by atoms with E-state index in [1.54, 1.807) is 11.8 Å². The van der Waals surface area contributed by atoms with E-state index in [0.29, 0.717) is 30.9 Å². The molecule has 1 saturated heterocycles. The van der Waals surface area contributed by atoms with E-state index in [0.717, 1.165) is 36.6 Å². The number of aromatic nitrogens is 2. The van der Waals surface area contributed by atoms with Crippen LogP contribution in [-0.2, 0) is 10.9 Å². The SMILES string of the molecule is FC(F)(F)c1ccnc(Nc2cc(C3=C(C4CC4)N(C4CC4)[CH]S3)cc(N3CCOCC3)c2)n1. The molecule has 1 aromatic carbocycles. The first-order chi connectivity index (χ1) is 16.5. The van der Waals surface area contributed by atoms with E-state index < -0.39 is 11.9 Å². The summed E-state index contributed by atoms with van der Waals surface area (Å²) in [4.78, 5) is 13.7. The highest BCUT2D eigenvalue weighted by Gasteiger charge is 2.42. The van der Waals surface area contributed by atoms with Crippen molar-refractivity contribution in [2.24, 2.45) is 5.92 Å². The highest BCUT2D eigenvalue weighted by molar-refractivity contribution is 8.10. The van der Waals surface area contributed by atoms with Crippen molar-refractivity contribution in [1.82, 2.24) is 14.9 Å². The molecule has 2 aromatic rings. The first kappa shape index (κ1) is 22.0. The van der Waals surface area contributed by atoms with Crippen LogP contribution in [0.2, 0.25) is 0 Å². The summed E-state index contributed by atoms with van der Waals surface area (Å²) in [6, 6.07) is 7.64. The van der Waals surface area contributed by atoms with Crippen molar-refractivity contribution in [1.29, 1.82) is 0 Å². The molecule has 2 saturated carbocycles. The Morgan fingerprint density at radius 2 is 1.85 bits per heavy atom. The monoisotopic (exact) mass is 488 g/mol. The zero-order valence-corrected chi connectivity index (χ0v) is 19.3. The van der Waals surface area contributed by atoms with Gasteiger partial charge in [0.15, 0.2) is 0 Å². The van der Waals surface area contributed by atoms with Gasteiger partial charge in [-0.25, -0.2) is 9.97 Å². The lowest BCUT2D eigenvalue weighted by molar-refractivity contribution is -0.141. The molecule has 0 unspecified atom stereocenters. The third-order valence-corrected chi connectivity index (χ3v) is 7.47. The van der Waals surface area contributed by atoms with Crippen LogP contribution in [0.1, 0.15) is 36.9 Å². The molecule has 1 N–H and O–H groups in total. The Bertz CT molecular complexity index is 1110. The fourth-order valence-electron chi connectivity index (χ4n) is 4.47. The molecule has 0 spiro atoms. The number of hydrogen-bond donors (Lipinski definition) is 1. The lowest BCUT2D eigenvalue weighted by atomic mass is 10.1. The van der Waals surface area contributed by atoms with Crippen LogP contribution >= 0.6 is 11.8 Å². The maximum atomic E-state index is 13.2. The summed E-state index contributed by atoms with van der Waals surface area (Å²) in [5.41, 5.74) is 3.21. The Morgan fingerprint density at radius 3 is 2.56 bits per heavy atom. The summed E-state index contributed by atoms with van der Waals surface area (Å²) >= 11 is 1.75. The summed E-state index contributed by atoms with van der Waals surface area (Å²) < 4.78 is 45.0. The van der Waals surface area contributed by atoms with Crippen molar-refractivity contribution in [3.63, 3.8) is 0 Å². The van der Waals surface area contributed by atoms with Crippen molar-refractivity contribution < 1.29 is 17.9 Å². The molecule has 3 heterocycles. The predicted octanol–water partition coefficient (Wildman–Crippen LogP) is 5.48. The Hall–Kier alpha value is -2.46. The summed E-state index contributed by atoms with van der Waals surface area (Å²) in [6.07, 6.45) is 1.49. The number of allylic oxidation sites excluding steroid dienone is 1. The van der Waals surface area contributed by atoms with Crippen LogP contribution in [0.25, 0.3) is 4.91 Å². The molecule has 2 aliphatic carbocycles. The fraction of sp³-hybridized carbons (Fsp3) is 0.458. The summed E-state index contributed by atoms with van der Waals surface area (Å²) in [5.74, 6) is 2.77. The molecule has 2 aliphatic heterocycles. The third-order valence-electron chi connectivity index (χ3n) is 6.46. The molecule has 4 aliphatic rings. The molecule has 179 valence electrons. The molecule has 1 radical (unpaired) electrons. The number of morpholine rings is 1. The quantitative estimate of drug-likeness (QED) is 0.578. The maximum Gasteiger partial charge on any atom is 0.433 e. The van der Waals surface area contributed by atoms with Crippen LogP contribution in [0.3, 0.4) is 0 Å². The maximum absolute atomic E-state index is 13.2. The molecule has 1 aromatic heterocycles. The number of halogens is 3. The largest absolute Gasteiger partial charge is 0.433 e. The molecule has 3 fully saturated rings. The highest BCUT2D eigenvalue weighted by atomic mass is 32.2. The van der Waals surface area contributed by atoms with Crippen LogP contribution in [-0.4, -0.2) is 47.2 Å². The number of anilines is 3. The van der Waals surface area contributed by atoms with Gasteiger partial charge in [-0.15, -0.1) is 0 Å². The zero-order valence-electron chi connectivity index (χ0n) is 18.5. The van der Waals surface area contributed by atoms with Gasteiger partial charge in [0.1, 0.15) is 11.6 Å². The van der Waals surface area contributed by atoms with E-state index in [1.165, 1.54) is 36.3 Å². The van der Waals surface area contributed by atoms with E-state index in [2.05, 4.69) is 37.0 Å². The Morgan fingerprint density at radius 1 is 1.06 bits per heavy atom. The second kappa shape index (κ2) is 8.64. The van der Waals surface area contributed by atoms with Crippen LogP contribution in [0.15, 0.2) is 36.2 Å². The minimum Gasteiger partial charge on any atom is -0.378 e. The third kappa shape index (κ3) is 4.57. The summed E-state index contributed by atoms with van der Waals surface area (Å²) in [7, 11) is 0. The van der Waals surface area contributed by atoms with Gasteiger partial charge in [0.2, 0.25) is 5.95 Å². The van der Waals surface area contributed by atoms with E-state index in [9.17, 15) is 13.2 Å². The van der Waals surface area contributed by atoms with Crippen LogP contribution in [0, 0.1) is 11.8 Å². The molecule has 6 rings (SSSR count). The predicted molar refractivity (Wildman–Crippen MR) is 126 cm³/mol. The lowest BCUT2D eigenvalue weighted by Crippen LogP contribution is -2.36. The lowest BCUT2D eigenvalue weighted by Gasteiger charge is -2.30. The number of nitrogens with zero attached hydrogens (tertiary/aromatic N) is 4. The number of ether oxygens (including phenoxy) is 1. The molecule has 34 heavy (non-hydrogen) atoms. The van der Waals surface area contributed by atoms with Crippen molar-refractivity contribution in [2.45, 2.75) is 37.9 Å². The Kier molecular flexibility index (Phi) is 5.60. The average molecular weight is 489 g/mol. The number of benzene rings is 1. The second-order valence-electron chi connectivity index (χ2n) is 9.11. The van der Waals surface area contributed by atoms with Gasteiger partial charge >= 0.3 is 6.18 Å². The normalized spacial score (nSPS) is 21.4. The van der Waals surface area contributed by atoms with Gasteiger partial charge < -0.3 is 19.9 Å². The van der Waals surface area contributed by atoms with Gasteiger partial charge in [-0.1, -0.05) is 11.8 Å². The molecular weight excluding hydrogens is 463 g/mol. The fourth-order valence-corrected chi connectivity index (χ4v) is 5.62. The van der Waals surface area contributed by atoms with Gasteiger partial charge in [0.25, 0.3) is 0 Å². The number of rotatable bonds is 6. The first-order valence-electron chi connectivity index (χ1n) is 11.6. The van der Waals surface area contributed by atoms with Crippen LogP contribution in [0.4, 0.5) is 30.5 Å². The summed E-state index contributed by atoms with van der Waals surface area (Å²) in [5, 5.41) is 3.03. The average Bonchev–Trinajstić information content (AvgIpc) is 3.78. The molecule has 0 bridgehead atoms. The van der Waals surface area contributed by atoms with E-state index >= 15 is 0 Å². The summed E-state index contributed by atoms with van der Waals surface area (Å²) in [6.45, 7) is 2.84. The van der Waals surface area contributed by atoms with E-state index in [-0.39, 0.29) is 5.95 Å². The van der Waals surface area contributed by atoms with Gasteiger partial charge in [-0.05, 0) is 55.5 Å². The number of nitrogens with one attached hydrogen (secondary N) is 1. The minimum atomic E-state index is -4.52. The van der Waals surface area contributed by atoms with Crippen molar-refractivity contribution in [3.8, 4) is 0 Å². The van der Waals surface area contributed by atoms with Gasteiger partial charge in [-0.3, -0.25) is 0 Å². The topological polar surface area (TPSA) is 53.5 Å². The molecule has 6 nitrogen and oxygen atoms in total. The number of alkyl halides is 3. The highest BCUT2D eigenvalue weighted by Crippen LogP contribution is 2.55. The molecule has 0 amide bonds. The Labute approximate surface area is 200 Å². The van der Waals surface area contributed by atoms with Crippen LogP contribution < -0.4 is 10.2 Å². The minimum absolute atomic E-state index is 0.0680. The van der Waals surface area contributed by atoms with Crippen molar-refractivity contribution in [2.75, 3.05) is 36.5 Å². The zero-order chi connectivity index (χ0) is 23.3. The molecule has 10 heteroatoms. The second-order valence-corrected chi connectivity index (χ2v) is 9.96. The first-order valence-corrected chi connectivity index (χ1v) is 12.5. The number of thioether (sulfide) groups is 1. The van der Waals surface area contributed by atoms with Crippen molar-refractivity contribution >= 4 is 34.0 Å². The number of hydrogen-bond acceptors (Lipinski definition) is 7. The van der Waals surface area contributed by atoms with E-state index in [4.69, 9.17) is 4.74 Å². The van der Waals surface area contributed by atoms with Crippen LogP contribution in [0.5, 0.6) is 0 Å². The smallest absolute Gasteiger partial charge is 0.378 e. The van der Waals surface area contributed by atoms with Gasteiger partial charge in [0, 0.05) is 53.2 Å². The van der Waals surface area contributed by atoms with E-state index in [1.807, 2.05) is 12.1 Å². The van der Waals surface area contributed by atoms with Crippen molar-refractivity contribution in [3.05, 3.63) is 53.3 Å². The Balaban J connectivity index is 1.38. The van der Waals surface area contributed by atoms with Gasteiger partial charge in [0.05, 0.1) is 13.2 Å².